The fraction of sp³-hybridized carbons (Fsp3) is 0.429. The molecular formula is C14H21IN4S2. The van der Waals surface area contributed by atoms with E-state index in [9.17, 15) is 0 Å². The van der Waals surface area contributed by atoms with Gasteiger partial charge in [0.15, 0.2) is 5.96 Å². The van der Waals surface area contributed by atoms with E-state index < -0.39 is 0 Å². The van der Waals surface area contributed by atoms with Crippen LogP contribution in [0.2, 0.25) is 0 Å². The minimum atomic E-state index is 0. The van der Waals surface area contributed by atoms with Crippen molar-refractivity contribution in [2.24, 2.45) is 4.99 Å². The first-order chi connectivity index (χ1) is 9.81. The van der Waals surface area contributed by atoms with Crippen LogP contribution in [-0.4, -0.2) is 24.5 Å². The quantitative estimate of drug-likeness (QED) is 0.415. The monoisotopic (exact) mass is 436 g/mol. The number of aromatic nitrogens is 1. The molecule has 0 saturated carbocycles. The predicted molar refractivity (Wildman–Crippen MR) is 103 cm³/mol. The van der Waals surface area contributed by atoms with E-state index >= 15 is 0 Å². The topological polar surface area (TPSA) is 49.3 Å². The number of guanidine groups is 1. The van der Waals surface area contributed by atoms with Gasteiger partial charge in [-0.1, -0.05) is 6.92 Å². The first kappa shape index (κ1) is 18.4. The Kier molecular flexibility index (Phi) is 8.86. The molecule has 4 nitrogen and oxygen atoms in total. The van der Waals surface area contributed by atoms with Crippen LogP contribution < -0.4 is 10.6 Å². The van der Waals surface area contributed by atoms with E-state index in [0.29, 0.717) is 0 Å². The Balaban J connectivity index is 0.00000220. The number of aryl methyl sites for hydroxylation is 1. The van der Waals surface area contributed by atoms with Crippen molar-refractivity contribution in [2.45, 2.75) is 26.3 Å². The molecule has 2 heterocycles. The molecule has 0 aliphatic rings. The summed E-state index contributed by atoms with van der Waals surface area (Å²) in [5, 5.41) is 14.2. The van der Waals surface area contributed by atoms with Crippen LogP contribution in [0.5, 0.6) is 0 Å². The average Bonchev–Trinajstić information content (AvgIpc) is 3.13. The van der Waals surface area contributed by atoms with Crippen molar-refractivity contribution in [3.63, 3.8) is 0 Å². The summed E-state index contributed by atoms with van der Waals surface area (Å²) in [5.74, 6) is 0.835. The van der Waals surface area contributed by atoms with Gasteiger partial charge < -0.3 is 10.6 Å². The lowest BCUT2D eigenvalue weighted by atomic mass is 10.3. The molecule has 7 heteroatoms. The number of thiazole rings is 1. The molecule has 0 amide bonds. The SMILES string of the molecule is CCc1nc(CCNC(=NC)NCc2ccsc2)cs1.I. The summed E-state index contributed by atoms with van der Waals surface area (Å²) >= 11 is 3.45. The van der Waals surface area contributed by atoms with Crippen LogP contribution in [0.4, 0.5) is 0 Å². The molecule has 2 N–H and O–H groups in total. The lowest BCUT2D eigenvalue weighted by molar-refractivity contribution is 0.786. The Morgan fingerprint density at radius 2 is 2.19 bits per heavy atom. The maximum Gasteiger partial charge on any atom is 0.191 e. The molecule has 0 spiro atoms. The van der Waals surface area contributed by atoms with Gasteiger partial charge in [-0.2, -0.15) is 11.3 Å². The fourth-order valence-electron chi connectivity index (χ4n) is 1.73. The molecule has 0 aliphatic carbocycles. The third-order valence-electron chi connectivity index (χ3n) is 2.84. The normalized spacial score (nSPS) is 11.0. The Morgan fingerprint density at radius 1 is 1.33 bits per heavy atom. The third kappa shape index (κ3) is 6.31. The molecule has 0 aliphatic heterocycles. The van der Waals surface area contributed by atoms with Gasteiger partial charge in [0, 0.05) is 31.9 Å². The largest absolute Gasteiger partial charge is 0.356 e. The first-order valence-electron chi connectivity index (χ1n) is 6.70. The molecule has 0 radical (unpaired) electrons. The highest BCUT2D eigenvalue weighted by Gasteiger charge is 2.02. The zero-order valence-corrected chi connectivity index (χ0v) is 16.2. The molecule has 0 bridgehead atoms. The maximum absolute atomic E-state index is 4.56. The second-order valence-corrected chi connectivity index (χ2v) is 6.04. The van der Waals surface area contributed by atoms with Crippen LogP contribution in [-0.2, 0) is 19.4 Å². The number of thiophene rings is 1. The highest BCUT2D eigenvalue weighted by molar-refractivity contribution is 14.0. The van der Waals surface area contributed by atoms with Gasteiger partial charge in [0.1, 0.15) is 0 Å². The number of nitrogens with zero attached hydrogens (tertiary/aromatic N) is 2. The van der Waals surface area contributed by atoms with E-state index in [-0.39, 0.29) is 24.0 Å². The van der Waals surface area contributed by atoms with E-state index in [0.717, 1.165) is 37.6 Å². The van der Waals surface area contributed by atoms with Gasteiger partial charge in [-0.15, -0.1) is 35.3 Å². The Morgan fingerprint density at radius 3 is 2.81 bits per heavy atom. The molecule has 0 unspecified atom stereocenters. The summed E-state index contributed by atoms with van der Waals surface area (Å²) < 4.78 is 0. The maximum atomic E-state index is 4.56. The van der Waals surface area contributed by atoms with Gasteiger partial charge >= 0.3 is 0 Å². The second-order valence-electron chi connectivity index (χ2n) is 4.32. The van der Waals surface area contributed by atoms with Crippen LogP contribution in [0, 0.1) is 0 Å². The summed E-state index contributed by atoms with van der Waals surface area (Å²) in [6.45, 7) is 3.78. The van der Waals surface area contributed by atoms with Gasteiger partial charge in [-0.25, -0.2) is 4.98 Å². The van der Waals surface area contributed by atoms with E-state index in [1.54, 1.807) is 29.7 Å². The highest BCUT2D eigenvalue weighted by atomic mass is 127. The summed E-state index contributed by atoms with van der Waals surface area (Å²) in [6, 6.07) is 2.12. The van der Waals surface area contributed by atoms with Gasteiger partial charge in [0.25, 0.3) is 0 Å². The predicted octanol–water partition coefficient (Wildman–Crippen LogP) is 3.29. The lowest BCUT2D eigenvalue weighted by Gasteiger charge is -2.10. The van der Waals surface area contributed by atoms with Crippen molar-refractivity contribution < 1.29 is 0 Å². The van der Waals surface area contributed by atoms with Crippen LogP contribution in [0.3, 0.4) is 0 Å². The summed E-state index contributed by atoms with van der Waals surface area (Å²) in [4.78, 5) is 8.78. The van der Waals surface area contributed by atoms with Gasteiger partial charge in [-0.05, 0) is 28.8 Å². The number of halogens is 1. The number of hydrogen-bond acceptors (Lipinski definition) is 4. The Labute approximate surface area is 151 Å². The van der Waals surface area contributed by atoms with Crippen LogP contribution >= 0.6 is 46.7 Å². The van der Waals surface area contributed by atoms with Crippen LogP contribution in [0.1, 0.15) is 23.2 Å². The highest BCUT2D eigenvalue weighted by Crippen LogP contribution is 2.10. The molecule has 116 valence electrons. The molecular weight excluding hydrogens is 415 g/mol. The molecule has 0 fully saturated rings. The minimum Gasteiger partial charge on any atom is -0.356 e. The number of hydrogen-bond donors (Lipinski definition) is 2. The fourth-order valence-corrected chi connectivity index (χ4v) is 3.18. The minimum absolute atomic E-state index is 0. The van der Waals surface area contributed by atoms with Crippen molar-refractivity contribution in [3.05, 3.63) is 38.5 Å². The van der Waals surface area contributed by atoms with Crippen molar-refractivity contribution in [1.82, 2.24) is 15.6 Å². The Bertz CT molecular complexity index is 537. The molecule has 0 aromatic carbocycles. The first-order valence-corrected chi connectivity index (χ1v) is 8.53. The lowest BCUT2D eigenvalue weighted by Crippen LogP contribution is -2.37. The van der Waals surface area contributed by atoms with E-state index in [4.69, 9.17) is 0 Å². The molecule has 0 saturated heterocycles. The number of aliphatic imine (C=N–C) groups is 1. The molecule has 0 atom stereocenters. The second kappa shape index (κ2) is 10.1. The molecule has 21 heavy (non-hydrogen) atoms. The zero-order chi connectivity index (χ0) is 14.2. The molecule has 2 rings (SSSR count). The standard InChI is InChI=1S/C14H20N4S2.HI/c1-3-13-18-12(10-20-13)4-6-16-14(15-2)17-8-11-5-7-19-9-11;/h5,7,9-10H,3-4,6,8H2,1-2H3,(H2,15,16,17);1H. The van der Waals surface area contributed by atoms with Crippen LogP contribution in [0.15, 0.2) is 27.2 Å². The summed E-state index contributed by atoms with van der Waals surface area (Å²) in [7, 11) is 1.79. The van der Waals surface area contributed by atoms with E-state index in [2.05, 4.69) is 49.7 Å². The smallest absolute Gasteiger partial charge is 0.191 e. The molecule has 2 aromatic heterocycles. The van der Waals surface area contributed by atoms with E-state index in [1.165, 1.54) is 10.6 Å². The van der Waals surface area contributed by atoms with Crippen molar-refractivity contribution in [1.29, 1.82) is 0 Å². The van der Waals surface area contributed by atoms with Gasteiger partial charge in [0.05, 0.1) is 10.7 Å². The third-order valence-corrected chi connectivity index (χ3v) is 4.61. The van der Waals surface area contributed by atoms with Crippen molar-refractivity contribution >= 4 is 52.6 Å². The Hall–Kier alpha value is -0.670. The summed E-state index contributed by atoms with van der Waals surface area (Å²) in [6.07, 6.45) is 1.94. The van der Waals surface area contributed by atoms with Crippen molar-refractivity contribution in [2.75, 3.05) is 13.6 Å². The van der Waals surface area contributed by atoms with E-state index in [1.807, 2.05) is 0 Å². The molecule has 2 aromatic rings. The van der Waals surface area contributed by atoms with Crippen LogP contribution in [0.25, 0.3) is 0 Å². The van der Waals surface area contributed by atoms with Gasteiger partial charge in [-0.3, -0.25) is 4.99 Å². The van der Waals surface area contributed by atoms with Crippen molar-refractivity contribution in [3.8, 4) is 0 Å². The number of nitrogens with one attached hydrogen (secondary N) is 2. The summed E-state index contributed by atoms with van der Waals surface area (Å²) in [5.41, 5.74) is 2.44. The number of rotatable bonds is 6. The van der Waals surface area contributed by atoms with Gasteiger partial charge in [0.2, 0.25) is 0 Å². The zero-order valence-electron chi connectivity index (χ0n) is 12.3. The average molecular weight is 436 g/mol.